The fourth-order valence-electron chi connectivity index (χ4n) is 6.81. The normalized spacial score (nSPS) is 36.7. The van der Waals surface area contributed by atoms with E-state index in [0.29, 0.717) is 12.8 Å². The second-order valence-corrected chi connectivity index (χ2v) is 15.1. The first-order valence-electron chi connectivity index (χ1n) is 20.7. The first kappa shape index (κ1) is 51.4. The molecular formula is C40H69NO18. The highest BCUT2D eigenvalue weighted by molar-refractivity contribution is 5.76. The van der Waals surface area contributed by atoms with Crippen LogP contribution in [0.2, 0.25) is 0 Å². The van der Waals surface area contributed by atoms with Gasteiger partial charge in [0.1, 0.15) is 73.2 Å². The van der Waals surface area contributed by atoms with Crippen LogP contribution in [-0.4, -0.2) is 193 Å². The van der Waals surface area contributed by atoms with Crippen LogP contribution in [0.4, 0.5) is 0 Å². The van der Waals surface area contributed by atoms with E-state index in [2.05, 4.69) is 36.5 Å². The van der Waals surface area contributed by atoms with Crippen molar-refractivity contribution in [2.45, 2.75) is 182 Å². The lowest BCUT2D eigenvalue weighted by molar-refractivity contribution is -0.379. The Labute approximate surface area is 345 Å². The molecule has 0 aromatic rings. The van der Waals surface area contributed by atoms with Gasteiger partial charge in [0.25, 0.3) is 0 Å². The van der Waals surface area contributed by atoms with E-state index in [1.807, 2.05) is 6.92 Å². The maximum absolute atomic E-state index is 12.8. The van der Waals surface area contributed by atoms with E-state index < -0.39 is 124 Å². The number of nitrogens with one attached hydrogen (secondary N) is 1. The zero-order valence-corrected chi connectivity index (χ0v) is 34.0. The summed E-state index contributed by atoms with van der Waals surface area (Å²) in [6.45, 7) is 1.33. The third-order valence-corrected chi connectivity index (χ3v) is 10.4. The molecule has 17 atom stereocenters. The topological polar surface area (TPSA) is 307 Å². The number of unbranched alkanes of at least 4 members (excludes halogenated alkanes) is 5. The fraction of sp³-hybridized carbons (Fsp3) is 0.825. The van der Waals surface area contributed by atoms with E-state index in [0.717, 1.165) is 44.9 Å². The van der Waals surface area contributed by atoms with Gasteiger partial charge in [-0.2, -0.15) is 0 Å². The number of amides is 1. The third-order valence-electron chi connectivity index (χ3n) is 10.4. The molecule has 3 saturated heterocycles. The van der Waals surface area contributed by atoms with Crippen LogP contribution in [0.3, 0.4) is 0 Å². The number of allylic oxidation sites excluding steroid dienone is 5. The molecule has 1 amide bonds. The van der Waals surface area contributed by atoms with Crippen LogP contribution in [0.1, 0.15) is 78.1 Å². The van der Waals surface area contributed by atoms with Crippen LogP contribution in [0, 0.1) is 0 Å². The van der Waals surface area contributed by atoms with E-state index in [1.165, 1.54) is 6.08 Å². The van der Waals surface area contributed by atoms with Gasteiger partial charge in [-0.3, -0.25) is 4.79 Å². The predicted octanol–water partition coefficient (Wildman–Crippen LogP) is -2.09. The van der Waals surface area contributed by atoms with Crippen molar-refractivity contribution in [1.82, 2.24) is 5.32 Å². The molecule has 19 heteroatoms. The molecule has 0 bridgehead atoms. The van der Waals surface area contributed by atoms with E-state index in [4.69, 9.17) is 28.4 Å². The lowest BCUT2D eigenvalue weighted by Crippen LogP contribution is -2.66. The molecule has 3 aliphatic heterocycles. The summed E-state index contributed by atoms with van der Waals surface area (Å²) >= 11 is 0. The second kappa shape index (κ2) is 27.2. The van der Waals surface area contributed by atoms with Crippen molar-refractivity contribution >= 4 is 5.91 Å². The molecule has 12 N–H and O–H groups in total. The van der Waals surface area contributed by atoms with Gasteiger partial charge in [0.2, 0.25) is 5.91 Å². The van der Waals surface area contributed by atoms with Crippen LogP contribution in [-0.2, 0) is 33.2 Å². The number of carbonyl (C=O) groups excluding carboxylic acids is 1. The zero-order chi connectivity index (χ0) is 43.5. The molecule has 0 aromatic heterocycles. The number of hydrogen-bond donors (Lipinski definition) is 12. The molecule has 59 heavy (non-hydrogen) atoms. The number of hydrogen-bond acceptors (Lipinski definition) is 18. The summed E-state index contributed by atoms with van der Waals surface area (Å²) in [4.78, 5) is 12.8. The van der Waals surface area contributed by atoms with Gasteiger partial charge in [-0.05, 0) is 38.5 Å². The van der Waals surface area contributed by atoms with Crippen molar-refractivity contribution in [1.29, 1.82) is 0 Å². The number of ether oxygens (including phenoxy) is 6. The zero-order valence-electron chi connectivity index (χ0n) is 34.0. The fourth-order valence-corrected chi connectivity index (χ4v) is 6.81. The monoisotopic (exact) mass is 851 g/mol. The molecule has 3 fully saturated rings. The van der Waals surface area contributed by atoms with Gasteiger partial charge in [-0.1, -0.05) is 69.6 Å². The van der Waals surface area contributed by atoms with Crippen molar-refractivity contribution in [3.8, 4) is 0 Å². The van der Waals surface area contributed by atoms with Crippen molar-refractivity contribution in [2.75, 3.05) is 26.4 Å². The van der Waals surface area contributed by atoms with E-state index in [-0.39, 0.29) is 18.9 Å². The number of rotatable bonds is 25. The van der Waals surface area contributed by atoms with Crippen LogP contribution >= 0.6 is 0 Å². The van der Waals surface area contributed by atoms with Crippen LogP contribution in [0.5, 0.6) is 0 Å². The largest absolute Gasteiger partial charge is 0.394 e. The third kappa shape index (κ3) is 15.4. The molecule has 0 saturated carbocycles. The number of carbonyl (C=O) groups is 1. The molecule has 0 aromatic carbocycles. The Morgan fingerprint density at radius 3 is 1.59 bits per heavy atom. The van der Waals surface area contributed by atoms with Gasteiger partial charge in [0.15, 0.2) is 18.9 Å². The lowest BCUT2D eigenvalue weighted by atomic mass is 9.96. The van der Waals surface area contributed by atoms with Gasteiger partial charge in [-0.25, -0.2) is 0 Å². The summed E-state index contributed by atoms with van der Waals surface area (Å²) in [5.41, 5.74) is 0. The van der Waals surface area contributed by atoms with Gasteiger partial charge >= 0.3 is 0 Å². The summed E-state index contributed by atoms with van der Waals surface area (Å²) in [7, 11) is 0. The molecule has 17 unspecified atom stereocenters. The van der Waals surface area contributed by atoms with Crippen LogP contribution in [0.15, 0.2) is 36.5 Å². The Morgan fingerprint density at radius 2 is 1.07 bits per heavy atom. The maximum Gasteiger partial charge on any atom is 0.220 e. The minimum atomic E-state index is -1.98. The first-order chi connectivity index (χ1) is 28.3. The molecule has 0 spiro atoms. The van der Waals surface area contributed by atoms with E-state index >= 15 is 0 Å². The van der Waals surface area contributed by atoms with Crippen LogP contribution < -0.4 is 5.32 Å². The van der Waals surface area contributed by atoms with Crippen LogP contribution in [0.25, 0.3) is 0 Å². The van der Waals surface area contributed by atoms with Gasteiger partial charge in [0.05, 0.1) is 38.6 Å². The van der Waals surface area contributed by atoms with Gasteiger partial charge in [0, 0.05) is 6.42 Å². The number of aliphatic hydroxyl groups excluding tert-OH is 11. The minimum absolute atomic E-state index is 0.216. The molecular weight excluding hydrogens is 782 g/mol. The highest BCUT2D eigenvalue weighted by Gasteiger charge is 2.53. The molecule has 0 radical (unpaired) electrons. The van der Waals surface area contributed by atoms with E-state index in [1.54, 1.807) is 6.08 Å². The molecule has 342 valence electrons. The molecule has 3 rings (SSSR count). The highest BCUT2D eigenvalue weighted by atomic mass is 16.8. The summed E-state index contributed by atoms with van der Waals surface area (Å²) < 4.78 is 33.7. The summed E-state index contributed by atoms with van der Waals surface area (Å²) in [5.74, 6) is -0.322. The summed E-state index contributed by atoms with van der Waals surface area (Å²) in [6, 6.07) is -0.985. The lowest BCUT2D eigenvalue weighted by Gasteiger charge is -2.48. The molecule has 3 heterocycles. The first-order valence-corrected chi connectivity index (χ1v) is 20.7. The molecule has 19 nitrogen and oxygen atoms in total. The van der Waals surface area contributed by atoms with Crippen molar-refractivity contribution in [3.63, 3.8) is 0 Å². The summed E-state index contributed by atoms with van der Waals surface area (Å²) in [5, 5.41) is 118. The van der Waals surface area contributed by atoms with Crippen molar-refractivity contribution in [2.24, 2.45) is 0 Å². The van der Waals surface area contributed by atoms with Gasteiger partial charge in [-0.15, -0.1) is 0 Å². The highest BCUT2D eigenvalue weighted by Crippen LogP contribution is 2.32. The van der Waals surface area contributed by atoms with Gasteiger partial charge < -0.3 is 89.9 Å². The quantitative estimate of drug-likeness (QED) is 0.0346. The Balaban J connectivity index is 1.62. The Kier molecular flexibility index (Phi) is 23.6. The molecule has 0 aliphatic carbocycles. The summed E-state index contributed by atoms with van der Waals surface area (Å²) in [6.07, 6.45) is -6.96. The Morgan fingerprint density at radius 1 is 0.593 bits per heavy atom. The SMILES string of the molecule is CCC/C=C/CC/C=C/CC/C=C/C(O)C(COC1OC(CO)C(OC2OC(CO)C(OC3OC(CO)C(O)C(O)C3O)C(O)C2O)C(O)C1O)NC(=O)CCCCC. The maximum atomic E-state index is 12.8. The van der Waals surface area contributed by atoms with Crippen molar-refractivity contribution in [3.05, 3.63) is 36.5 Å². The Hall–Kier alpha value is -1.99. The Bertz CT molecular complexity index is 1250. The van der Waals surface area contributed by atoms with E-state index in [9.17, 15) is 61.0 Å². The second-order valence-electron chi connectivity index (χ2n) is 15.1. The standard InChI is InChI=1S/C40H69NO18/c1-3-5-7-8-9-10-11-12-13-14-16-17-24(45)23(41-28(46)18-15-6-4-2)22-54-38-34(52)31(49)36(26(20-43)56-38)59-40-35(53)32(50)37(27(21-44)57-40)58-39-33(51)30(48)29(47)25(19-42)55-39/h7-8,11-12,16-17,23-27,29-40,42-45,47-53H,3-6,9-10,13-15,18-22H2,1-2H3,(H,41,46)/b8-7+,12-11+,17-16+. The number of aliphatic hydroxyl groups is 11. The molecule has 3 aliphatic rings. The average Bonchev–Trinajstić information content (AvgIpc) is 3.23. The van der Waals surface area contributed by atoms with Crippen molar-refractivity contribution < 1.29 is 89.4 Å². The minimum Gasteiger partial charge on any atom is -0.394 e. The average molecular weight is 852 g/mol. The smallest absolute Gasteiger partial charge is 0.220 e. The predicted molar refractivity (Wildman–Crippen MR) is 208 cm³/mol.